The molecule has 0 aliphatic carbocycles. The molecule has 0 amide bonds. The lowest BCUT2D eigenvalue weighted by Crippen LogP contribution is -2.55. The number of imidazole rings is 1. The second-order valence-corrected chi connectivity index (χ2v) is 6.29. The van der Waals surface area contributed by atoms with Crippen LogP contribution in [0, 0.1) is 0 Å². The summed E-state index contributed by atoms with van der Waals surface area (Å²) >= 11 is 1.68. The molecule has 2 heterocycles. The summed E-state index contributed by atoms with van der Waals surface area (Å²) in [6.45, 7) is 4.51. The van der Waals surface area contributed by atoms with E-state index >= 15 is 0 Å². The number of thiazole rings is 1. The Balaban J connectivity index is 2.18. The zero-order valence-corrected chi connectivity index (χ0v) is 12.6. The first-order chi connectivity index (χ1) is 8.45. The highest BCUT2D eigenvalue weighted by Gasteiger charge is 2.31. The molecule has 0 aromatic carbocycles. The van der Waals surface area contributed by atoms with Gasteiger partial charge in [-0.3, -0.25) is 4.40 Å². The highest BCUT2D eigenvalue weighted by Crippen LogP contribution is 2.20. The lowest BCUT2D eigenvalue weighted by Gasteiger charge is -2.39. The maximum Gasteiger partial charge on any atom is 0.193 e. The number of hydrogen-bond acceptors (Lipinski definition) is 4. The number of likely N-dealkylation sites (N-methyl/N-ethyl adjacent to an activating group) is 2. The Labute approximate surface area is 113 Å². The largest absolute Gasteiger partial charge is 0.315 e. The van der Waals surface area contributed by atoms with E-state index in [-0.39, 0.29) is 5.54 Å². The van der Waals surface area contributed by atoms with Crippen LogP contribution in [-0.4, -0.2) is 47.0 Å². The molecular weight excluding hydrogens is 244 g/mol. The molecule has 1 N–H and O–H groups in total. The number of nitrogens with zero attached hydrogens (tertiary/aromatic N) is 3. The molecule has 4 nitrogen and oxygen atoms in total. The van der Waals surface area contributed by atoms with Gasteiger partial charge in [0.05, 0.1) is 5.69 Å². The molecule has 2 aromatic heterocycles. The molecule has 0 bridgehead atoms. The standard InChI is InChI=1S/C13H22N4S/c1-13(2,16(4)5)11(14-3)8-10-9-17-6-7-18-12(17)15-10/h6-7,9,11,14H,8H2,1-5H3. The Morgan fingerprint density at radius 3 is 2.78 bits per heavy atom. The number of rotatable bonds is 5. The third-order valence-electron chi connectivity index (χ3n) is 3.91. The number of nitrogens with one attached hydrogen (secondary N) is 1. The van der Waals surface area contributed by atoms with Crippen LogP contribution < -0.4 is 5.32 Å². The minimum absolute atomic E-state index is 0.0891. The number of aromatic nitrogens is 2. The van der Waals surface area contributed by atoms with Crippen molar-refractivity contribution in [1.29, 1.82) is 0 Å². The Morgan fingerprint density at radius 2 is 2.22 bits per heavy atom. The van der Waals surface area contributed by atoms with Crippen LogP contribution in [0.2, 0.25) is 0 Å². The number of fused-ring (bicyclic) bond motifs is 1. The first kappa shape index (κ1) is 13.5. The normalized spacial score (nSPS) is 14.6. The van der Waals surface area contributed by atoms with Gasteiger partial charge in [-0.25, -0.2) is 4.98 Å². The molecule has 1 atom stereocenters. The molecule has 0 aliphatic heterocycles. The van der Waals surface area contributed by atoms with Gasteiger partial charge in [0.15, 0.2) is 4.96 Å². The van der Waals surface area contributed by atoms with Crippen molar-refractivity contribution in [3.05, 3.63) is 23.5 Å². The Hall–Kier alpha value is -0.910. The summed E-state index contributed by atoms with van der Waals surface area (Å²) in [5, 5.41) is 5.48. The molecule has 1 unspecified atom stereocenters. The second-order valence-electron chi connectivity index (χ2n) is 5.42. The van der Waals surface area contributed by atoms with Crippen molar-refractivity contribution in [3.8, 4) is 0 Å². The molecule has 2 rings (SSSR count). The molecule has 0 aliphatic rings. The van der Waals surface area contributed by atoms with E-state index in [2.05, 4.69) is 65.3 Å². The lowest BCUT2D eigenvalue weighted by molar-refractivity contribution is 0.141. The van der Waals surface area contributed by atoms with Crippen LogP contribution >= 0.6 is 11.3 Å². The highest BCUT2D eigenvalue weighted by atomic mass is 32.1. The minimum atomic E-state index is 0.0891. The third-order valence-corrected chi connectivity index (χ3v) is 4.68. The van der Waals surface area contributed by atoms with Gasteiger partial charge in [0.2, 0.25) is 0 Å². The number of hydrogen-bond donors (Lipinski definition) is 1. The predicted molar refractivity (Wildman–Crippen MR) is 77.4 cm³/mol. The van der Waals surface area contributed by atoms with Crippen LogP contribution in [0.4, 0.5) is 0 Å². The van der Waals surface area contributed by atoms with E-state index in [9.17, 15) is 0 Å². The summed E-state index contributed by atoms with van der Waals surface area (Å²) in [5.41, 5.74) is 1.24. The van der Waals surface area contributed by atoms with Crippen molar-refractivity contribution < 1.29 is 0 Å². The van der Waals surface area contributed by atoms with Gasteiger partial charge in [-0.15, -0.1) is 11.3 Å². The average Bonchev–Trinajstić information content (AvgIpc) is 2.85. The molecule has 0 spiro atoms. The molecule has 5 heteroatoms. The van der Waals surface area contributed by atoms with E-state index in [1.54, 1.807) is 11.3 Å². The van der Waals surface area contributed by atoms with Gasteiger partial charge in [-0.1, -0.05) is 0 Å². The fourth-order valence-corrected chi connectivity index (χ4v) is 2.82. The van der Waals surface area contributed by atoms with Crippen LogP contribution in [-0.2, 0) is 6.42 Å². The minimum Gasteiger partial charge on any atom is -0.315 e. The third kappa shape index (κ3) is 2.43. The van der Waals surface area contributed by atoms with Crippen LogP contribution in [0.15, 0.2) is 17.8 Å². The van der Waals surface area contributed by atoms with Crippen molar-refractivity contribution >= 4 is 16.3 Å². The molecule has 18 heavy (non-hydrogen) atoms. The van der Waals surface area contributed by atoms with Crippen LogP contribution in [0.5, 0.6) is 0 Å². The Kier molecular flexibility index (Phi) is 3.75. The molecule has 100 valence electrons. The molecule has 0 radical (unpaired) electrons. The molecule has 0 saturated heterocycles. The van der Waals surface area contributed by atoms with E-state index in [1.807, 2.05) is 7.05 Å². The molecule has 0 fully saturated rings. The summed E-state index contributed by atoms with van der Waals surface area (Å²) in [7, 11) is 6.26. The monoisotopic (exact) mass is 266 g/mol. The Morgan fingerprint density at radius 1 is 1.50 bits per heavy atom. The van der Waals surface area contributed by atoms with E-state index in [0.717, 1.165) is 17.1 Å². The smallest absolute Gasteiger partial charge is 0.193 e. The van der Waals surface area contributed by atoms with Gasteiger partial charge in [0, 0.05) is 35.8 Å². The fraction of sp³-hybridized carbons (Fsp3) is 0.615. The van der Waals surface area contributed by atoms with Crippen LogP contribution in [0.3, 0.4) is 0 Å². The summed E-state index contributed by atoms with van der Waals surface area (Å²) in [6.07, 6.45) is 5.12. The van der Waals surface area contributed by atoms with Gasteiger partial charge < -0.3 is 10.2 Å². The zero-order chi connectivity index (χ0) is 13.3. The molecule has 2 aromatic rings. The highest BCUT2D eigenvalue weighted by molar-refractivity contribution is 7.15. The summed E-state index contributed by atoms with van der Waals surface area (Å²) in [5.74, 6) is 0. The summed E-state index contributed by atoms with van der Waals surface area (Å²) in [6, 6.07) is 0.372. The van der Waals surface area contributed by atoms with Gasteiger partial charge >= 0.3 is 0 Å². The van der Waals surface area contributed by atoms with Crippen molar-refractivity contribution in [3.63, 3.8) is 0 Å². The maximum absolute atomic E-state index is 4.66. The van der Waals surface area contributed by atoms with Crippen LogP contribution in [0.1, 0.15) is 19.5 Å². The van der Waals surface area contributed by atoms with Crippen molar-refractivity contribution in [2.45, 2.75) is 31.8 Å². The maximum atomic E-state index is 4.66. The first-order valence-corrected chi connectivity index (χ1v) is 7.09. The second kappa shape index (κ2) is 4.99. The van der Waals surface area contributed by atoms with Crippen LogP contribution in [0.25, 0.3) is 4.96 Å². The quantitative estimate of drug-likeness (QED) is 0.897. The van der Waals surface area contributed by atoms with E-state index in [4.69, 9.17) is 0 Å². The van der Waals surface area contributed by atoms with Crippen molar-refractivity contribution in [2.75, 3.05) is 21.1 Å². The van der Waals surface area contributed by atoms with Gasteiger partial charge in [-0.2, -0.15) is 0 Å². The van der Waals surface area contributed by atoms with E-state index in [0.29, 0.717) is 6.04 Å². The van der Waals surface area contributed by atoms with Crippen molar-refractivity contribution in [2.24, 2.45) is 0 Å². The topological polar surface area (TPSA) is 32.6 Å². The van der Waals surface area contributed by atoms with E-state index < -0.39 is 0 Å². The van der Waals surface area contributed by atoms with Gasteiger partial charge in [0.25, 0.3) is 0 Å². The average molecular weight is 266 g/mol. The Bertz CT molecular complexity index is 483. The SMILES string of the molecule is CNC(Cc1cn2ccsc2n1)C(C)(C)N(C)C. The first-order valence-electron chi connectivity index (χ1n) is 6.21. The lowest BCUT2D eigenvalue weighted by atomic mass is 9.90. The van der Waals surface area contributed by atoms with Gasteiger partial charge in [0.1, 0.15) is 0 Å². The zero-order valence-electron chi connectivity index (χ0n) is 11.8. The predicted octanol–water partition coefficient (Wildman–Crippen LogP) is 1.87. The summed E-state index contributed by atoms with van der Waals surface area (Å²) < 4.78 is 2.09. The van der Waals surface area contributed by atoms with E-state index in [1.165, 1.54) is 0 Å². The van der Waals surface area contributed by atoms with Crippen molar-refractivity contribution in [1.82, 2.24) is 19.6 Å². The molecule has 0 saturated carbocycles. The fourth-order valence-electron chi connectivity index (χ4n) is 2.10. The molecular formula is C13H22N4S. The summed E-state index contributed by atoms with van der Waals surface area (Å²) in [4.78, 5) is 7.98. The van der Waals surface area contributed by atoms with Gasteiger partial charge in [-0.05, 0) is 35.0 Å².